The van der Waals surface area contributed by atoms with Crippen molar-refractivity contribution < 1.29 is 41.5 Å². The fourth-order valence-electron chi connectivity index (χ4n) is 10.2. The third-order valence-electron chi connectivity index (χ3n) is 14.0. The van der Waals surface area contributed by atoms with Gasteiger partial charge >= 0.3 is 20.1 Å². The van der Waals surface area contributed by atoms with Crippen molar-refractivity contribution in [2.45, 2.75) is 39.4 Å². The van der Waals surface area contributed by atoms with E-state index in [1.807, 2.05) is 84.9 Å². The Labute approximate surface area is 468 Å². The molecule has 0 saturated carbocycles. The van der Waals surface area contributed by atoms with E-state index in [4.69, 9.17) is 13.2 Å². The van der Waals surface area contributed by atoms with Crippen molar-refractivity contribution in [1.82, 2.24) is 19.5 Å². The first kappa shape index (κ1) is 43.7. The van der Waals surface area contributed by atoms with Crippen LogP contribution in [-0.4, -0.2) is 19.5 Å². The molecule has 0 atom stereocenters. The Bertz CT molecular complexity index is 4210. The minimum atomic E-state index is -2.52. The van der Waals surface area contributed by atoms with Crippen LogP contribution in [0.25, 0.3) is 94.6 Å². The Morgan fingerprint density at radius 1 is 0.468 bits per heavy atom. The van der Waals surface area contributed by atoms with Crippen LogP contribution in [0.1, 0.15) is 41.6 Å². The summed E-state index contributed by atoms with van der Waals surface area (Å²) in [4.78, 5) is 14.2. The van der Waals surface area contributed by atoms with Crippen molar-refractivity contribution in [3.63, 3.8) is 0 Å². The summed E-state index contributed by atoms with van der Waals surface area (Å²) in [6.45, 7) is -5.03. The van der Waals surface area contributed by atoms with E-state index in [0.29, 0.717) is 74.4 Å². The van der Waals surface area contributed by atoms with Crippen molar-refractivity contribution in [1.29, 1.82) is 0 Å². The molecule has 0 unspecified atom stereocenters. The Kier molecular flexibility index (Phi) is 12.5. The fraction of sp³-hybridized carbons (Fsp3) is 0.0870. The van der Waals surface area contributed by atoms with Gasteiger partial charge in [0.25, 0.3) is 0 Å². The molecule has 4 heterocycles. The van der Waals surface area contributed by atoms with Gasteiger partial charge in [-0.15, -0.1) is 95.6 Å². The maximum absolute atomic E-state index is 17.4. The summed E-state index contributed by atoms with van der Waals surface area (Å²) in [5.74, 6) is -1.44. The zero-order valence-electron chi connectivity index (χ0n) is 47.2. The van der Waals surface area contributed by atoms with Gasteiger partial charge in [0, 0.05) is 66.0 Å². The Balaban J connectivity index is 0.00000721. The molecule has 4 nitrogen and oxygen atoms in total. The van der Waals surface area contributed by atoms with Gasteiger partial charge in [-0.05, 0) is 131 Å². The first-order valence-corrected chi connectivity index (χ1v) is 25.0. The third-order valence-corrected chi connectivity index (χ3v) is 14.0. The van der Waals surface area contributed by atoms with Crippen LogP contribution in [0.3, 0.4) is 0 Å². The summed E-state index contributed by atoms with van der Waals surface area (Å²) in [5, 5.41) is 2.15. The fourth-order valence-corrected chi connectivity index (χ4v) is 10.2. The molecule has 0 fully saturated rings. The molecular weight excluding hydrogens is 1130 g/mol. The number of nitrogens with zero attached hydrogens (tertiary/aromatic N) is 4. The standard InChI is InChI=1S/C69H48F3N4.Ir/c1-44-34-64(49-24-29-55(70)30-25-49)73-41-52(44)22-20-46-36-47(21-23-53-42-74-65(35-45(53)2)50-26-31-56(71)32-27-50)38-54(37-46)58-17-11-18-63(72)69(58)62-43-75-66(48-12-5-3-6-13-48)40-61(62)51-28-33-60-59-16-9-10-19-67(59)76(68(60)39-51)57-14-7-4-8-15-57;/h3-12,14-19,24,26,28-43H,20-23H2,1-2H3;/q-3;+3/i1D3,2D3;. The molecule has 374 valence electrons. The van der Waals surface area contributed by atoms with Gasteiger partial charge in [-0.2, -0.15) is 0 Å². The molecule has 0 spiro atoms. The monoisotopic (exact) mass is 1190 g/mol. The van der Waals surface area contributed by atoms with Gasteiger partial charge in [0.2, 0.25) is 0 Å². The maximum atomic E-state index is 17.4. The number of hydrogen-bond acceptors (Lipinski definition) is 3. The molecule has 8 aromatic carbocycles. The summed E-state index contributed by atoms with van der Waals surface area (Å²) in [6, 6.07) is 65.3. The molecule has 0 amide bonds. The smallest absolute Gasteiger partial charge is 0.309 e. The molecule has 4 aromatic heterocycles. The maximum Gasteiger partial charge on any atom is 3.00 e. The van der Waals surface area contributed by atoms with E-state index in [2.05, 4.69) is 75.2 Å². The first-order valence-electron chi connectivity index (χ1n) is 28.0. The number of pyridine rings is 3. The molecule has 0 radical (unpaired) electrons. The van der Waals surface area contributed by atoms with Crippen LogP contribution in [0.15, 0.2) is 207 Å². The second-order valence-corrected chi connectivity index (χ2v) is 18.8. The molecular formula is C69H48F3IrN4. The number of fused-ring (bicyclic) bond motifs is 3. The van der Waals surface area contributed by atoms with Crippen molar-refractivity contribution in [3.05, 3.63) is 276 Å². The van der Waals surface area contributed by atoms with E-state index in [1.54, 1.807) is 24.7 Å². The molecule has 77 heavy (non-hydrogen) atoms. The average Bonchev–Trinajstić information content (AvgIpc) is 2.28. The topological polar surface area (TPSA) is 43.6 Å². The molecule has 0 saturated heterocycles. The van der Waals surface area contributed by atoms with Crippen LogP contribution in [0, 0.1) is 49.4 Å². The Hall–Kier alpha value is -8.55. The normalized spacial score (nSPS) is 12.8. The second-order valence-electron chi connectivity index (χ2n) is 18.8. The molecule has 0 N–H and O–H groups in total. The average molecular weight is 1190 g/mol. The zero-order chi connectivity index (χ0) is 56.7. The summed E-state index contributed by atoms with van der Waals surface area (Å²) >= 11 is 0. The van der Waals surface area contributed by atoms with Crippen molar-refractivity contribution in [2.75, 3.05) is 0 Å². The van der Waals surface area contributed by atoms with E-state index in [1.165, 1.54) is 54.6 Å². The van der Waals surface area contributed by atoms with Gasteiger partial charge < -0.3 is 19.5 Å². The van der Waals surface area contributed by atoms with Crippen molar-refractivity contribution in [2.24, 2.45) is 0 Å². The minimum Gasteiger partial charge on any atom is -0.309 e. The molecule has 12 aromatic rings. The predicted octanol–water partition coefficient (Wildman–Crippen LogP) is 17.0. The molecule has 0 aliphatic rings. The minimum absolute atomic E-state index is 0. The van der Waals surface area contributed by atoms with E-state index < -0.39 is 31.2 Å². The molecule has 12 rings (SSSR count). The molecule has 0 aliphatic carbocycles. The molecule has 0 bridgehead atoms. The van der Waals surface area contributed by atoms with Gasteiger partial charge in [-0.3, -0.25) is 8.78 Å². The number of aryl methyl sites for hydroxylation is 6. The summed E-state index contributed by atoms with van der Waals surface area (Å²) in [7, 11) is 0. The van der Waals surface area contributed by atoms with Crippen LogP contribution >= 0.6 is 0 Å². The van der Waals surface area contributed by atoms with Crippen LogP contribution in [-0.2, 0) is 45.8 Å². The molecule has 0 aliphatic heterocycles. The van der Waals surface area contributed by atoms with E-state index in [9.17, 15) is 8.78 Å². The van der Waals surface area contributed by atoms with Crippen LogP contribution in [0.2, 0.25) is 0 Å². The van der Waals surface area contributed by atoms with Crippen molar-refractivity contribution in [3.8, 4) is 72.8 Å². The number of benzene rings is 8. The molecule has 8 heteroatoms. The summed E-state index contributed by atoms with van der Waals surface area (Å²) in [6.07, 6.45) is 6.02. The summed E-state index contributed by atoms with van der Waals surface area (Å²) < 4.78 is 98.7. The summed E-state index contributed by atoms with van der Waals surface area (Å²) in [5.41, 5.74) is 12.4. The van der Waals surface area contributed by atoms with Crippen molar-refractivity contribution >= 4 is 21.8 Å². The van der Waals surface area contributed by atoms with E-state index in [-0.39, 0.29) is 44.1 Å². The first-order chi connectivity index (χ1) is 39.6. The number of aromatic nitrogens is 4. The third kappa shape index (κ3) is 10.4. The van der Waals surface area contributed by atoms with Gasteiger partial charge in [0.15, 0.2) is 0 Å². The van der Waals surface area contributed by atoms with Crippen LogP contribution in [0.4, 0.5) is 13.2 Å². The zero-order valence-corrected chi connectivity index (χ0v) is 43.6. The quantitative estimate of drug-likeness (QED) is 0.108. The van der Waals surface area contributed by atoms with Gasteiger partial charge in [0.1, 0.15) is 5.82 Å². The van der Waals surface area contributed by atoms with Gasteiger partial charge in [-0.25, -0.2) is 4.39 Å². The second kappa shape index (κ2) is 22.0. The largest absolute Gasteiger partial charge is 3.00 e. The number of halogens is 3. The number of rotatable bonds is 13. The van der Waals surface area contributed by atoms with E-state index in [0.717, 1.165) is 55.3 Å². The predicted molar refractivity (Wildman–Crippen MR) is 300 cm³/mol. The Morgan fingerprint density at radius 3 is 1.71 bits per heavy atom. The van der Waals surface area contributed by atoms with Gasteiger partial charge in [0.05, 0.1) is 11.0 Å². The van der Waals surface area contributed by atoms with Crippen LogP contribution in [0.5, 0.6) is 0 Å². The van der Waals surface area contributed by atoms with Crippen LogP contribution < -0.4 is 0 Å². The van der Waals surface area contributed by atoms with Gasteiger partial charge in [-0.1, -0.05) is 108 Å². The number of hydrogen-bond donors (Lipinski definition) is 0. The van der Waals surface area contributed by atoms with E-state index >= 15 is 4.39 Å². The number of para-hydroxylation sites is 2. The Morgan fingerprint density at radius 2 is 1.08 bits per heavy atom. The SMILES string of the molecule is [2H]C([2H])([2H])c1cc(-c2[c-]cc(F)cc2)ncc1CCc1cc(CCc2cnc(-c3[c-]cc(F)cc3)cc2C([2H])([2H])[2H])cc(-c2cccc(F)c2-c2cnc(-c3[c-]cccc3)cc2-c2ccc3c4ccccc4n(-c4ccccc4)c3c2)c1.[Ir+3].